The molecule has 3 rings (SSSR count). The van der Waals surface area contributed by atoms with Gasteiger partial charge in [-0.3, -0.25) is 4.79 Å². The molecule has 19 nitrogen and oxygen atoms in total. The molecule has 0 aromatic carbocycles. The number of hydrogen-bond acceptors (Lipinski definition) is 18. The molecule has 3 fully saturated rings. The van der Waals surface area contributed by atoms with Crippen molar-refractivity contribution in [2.45, 2.75) is 291 Å². The quantitative estimate of drug-likeness (QED) is 0.0199. The third-order valence-electron chi connectivity index (χ3n) is 16.5. The molecule has 0 saturated carbocycles. The monoisotopic (exact) mass is 1350 g/mol. The van der Waals surface area contributed by atoms with Gasteiger partial charge in [0.15, 0.2) is 18.9 Å². The van der Waals surface area contributed by atoms with E-state index < -0.39 is 131 Å². The lowest BCUT2D eigenvalue weighted by atomic mass is 9.96. The number of aliphatic hydroxyl groups is 11. The first-order chi connectivity index (χ1) is 46.8. The number of ether oxygens (including phenoxy) is 6. The minimum absolute atomic E-state index is 0.165. The van der Waals surface area contributed by atoms with Gasteiger partial charge in [0.05, 0.1) is 38.6 Å². The highest BCUT2D eigenvalue weighted by Crippen LogP contribution is 2.33. The van der Waals surface area contributed by atoms with Crippen LogP contribution in [0.25, 0.3) is 0 Å². The number of hydrogen-bond donors (Lipinski definition) is 12. The largest absolute Gasteiger partial charge is 0.394 e. The number of nitrogens with one attached hydrogen (secondary N) is 1. The minimum Gasteiger partial charge on any atom is -0.394 e. The second kappa shape index (κ2) is 56.2. The van der Waals surface area contributed by atoms with Crippen molar-refractivity contribution in [3.8, 4) is 0 Å². The van der Waals surface area contributed by atoms with Crippen LogP contribution >= 0.6 is 0 Å². The van der Waals surface area contributed by atoms with Crippen LogP contribution < -0.4 is 5.32 Å². The first-order valence-corrected chi connectivity index (χ1v) is 35.7. The van der Waals surface area contributed by atoms with Gasteiger partial charge in [0.25, 0.3) is 0 Å². The Balaban J connectivity index is 1.45. The Bertz CT molecular complexity index is 2360. The van der Waals surface area contributed by atoms with Gasteiger partial charge in [0, 0.05) is 6.42 Å². The summed E-state index contributed by atoms with van der Waals surface area (Å²) in [6.07, 6.45) is 55.0. The second-order valence-corrected chi connectivity index (χ2v) is 24.6. The van der Waals surface area contributed by atoms with E-state index in [1.54, 1.807) is 6.08 Å². The van der Waals surface area contributed by atoms with E-state index in [2.05, 4.69) is 165 Å². The second-order valence-electron chi connectivity index (χ2n) is 24.6. The zero-order chi connectivity index (χ0) is 69.6. The van der Waals surface area contributed by atoms with Crippen molar-refractivity contribution in [3.63, 3.8) is 0 Å². The van der Waals surface area contributed by atoms with Gasteiger partial charge in [-0.25, -0.2) is 0 Å². The van der Waals surface area contributed by atoms with Gasteiger partial charge in [-0.15, -0.1) is 0 Å². The summed E-state index contributed by atoms with van der Waals surface area (Å²) in [5.41, 5.74) is 0. The van der Waals surface area contributed by atoms with Crippen molar-refractivity contribution in [2.24, 2.45) is 0 Å². The summed E-state index contributed by atoms with van der Waals surface area (Å²) in [6.45, 7) is 1.52. The van der Waals surface area contributed by atoms with Crippen LogP contribution in [-0.2, 0) is 33.2 Å². The van der Waals surface area contributed by atoms with E-state index in [1.165, 1.54) is 51.4 Å². The molecule has 0 aromatic rings. The van der Waals surface area contributed by atoms with Crippen molar-refractivity contribution < 1.29 is 89.4 Å². The lowest BCUT2D eigenvalue weighted by Crippen LogP contribution is -2.66. The van der Waals surface area contributed by atoms with Gasteiger partial charge in [0.2, 0.25) is 5.91 Å². The number of unbranched alkanes of at least 4 members (excludes halogenated alkanes) is 12. The van der Waals surface area contributed by atoms with Crippen molar-refractivity contribution in [3.05, 3.63) is 158 Å². The molecule has 3 aliphatic heterocycles. The van der Waals surface area contributed by atoms with Crippen LogP contribution in [0.2, 0.25) is 0 Å². The molecule has 3 aliphatic rings. The number of carbonyl (C=O) groups excluding carboxylic acids is 1. The molecule has 17 unspecified atom stereocenters. The molecule has 0 aromatic heterocycles. The van der Waals surface area contributed by atoms with Crippen LogP contribution in [0.1, 0.15) is 187 Å². The van der Waals surface area contributed by atoms with Crippen molar-refractivity contribution >= 4 is 5.91 Å². The maximum absolute atomic E-state index is 13.4. The lowest BCUT2D eigenvalue weighted by molar-refractivity contribution is -0.379. The van der Waals surface area contributed by atoms with Crippen LogP contribution in [0, 0.1) is 0 Å². The Morgan fingerprint density at radius 3 is 1.17 bits per heavy atom. The lowest BCUT2D eigenvalue weighted by Gasteiger charge is -2.48. The number of aliphatic hydroxyl groups excluding tert-OH is 11. The molecule has 1 amide bonds. The van der Waals surface area contributed by atoms with Crippen LogP contribution in [0.15, 0.2) is 158 Å². The molecular weight excluding hydrogens is 1230 g/mol. The average molecular weight is 1350 g/mol. The van der Waals surface area contributed by atoms with E-state index in [0.29, 0.717) is 12.8 Å². The fourth-order valence-electron chi connectivity index (χ4n) is 10.8. The Labute approximate surface area is 574 Å². The number of allylic oxidation sites excluding steroid dienone is 25. The first-order valence-electron chi connectivity index (χ1n) is 35.7. The summed E-state index contributed by atoms with van der Waals surface area (Å²) in [6, 6.07) is -1.03. The zero-order valence-electron chi connectivity index (χ0n) is 57.5. The van der Waals surface area contributed by atoms with E-state index in [-0.39, 0.29) is 12.3 Å². The molecule has 544 valence electrons. The summed E-state index contributed by atoms with van der Waals surface area (Å²) >= 11 is 0. The fourth-order valence-corrected chi connectivity index (χ4v) is 10.8. The highest BCUT2D eigenvalue weighted by atomic mass is 16.8. The molecular formula is C77H123NO18. The standard InChI is InChI=1S/C77H123NO18/c1-3-5-7-9-11-13-15-17-19-21-23-24-25-26-27-28-29-30-31-32-33-34-35-36-37-39-41-43-45-47-49-51-53-55-65(83)78-60(61(82)54-52-50-48-46-44-42-40-38-22-20-18-16-14-12-10-8-6-4-2)59-91-75-71(89)68(86)73(63(57-80)93-75)96-77-72(90)69(87)74(64(58-81)94-77)95-76-70(88)67(85)66(84)62(56-79)92-76/h5,7,11,13,17,19,22-24,26-27,29-30,32-33,35-36,38-39,41,44-47,52,54,60-64,66-77,79-82,84-90H,3-4,6,8-10,12,14-16,18,20-21,25,28,31,34,37,40,42-43,48-51,53,55-59H2,1-2H3,(H,78,83)/b7-5-,13-11-,19-17-,24-23-,27-26-,30-29-,33-32-,36-35-,38-22+,41-39-,46-44+,47-45-,54-52+. The maximum Gasteiger partial charge on any atom is 0.220 e. The van der Waals surface area contributed by atoms with Crippen LogP contribution in [0.5, 0.6) is 0 Å². The molecule has 0 radical (unpaired) electrons. The number of amides is 1. The smallest absolute Gasteiger partial charge is 0.220 e. The Kier molecular flexibility index (Phi) is 50.1. The highest BCUT2D eigenvalue weighted by Gasteiger charge is 2.53. The molecule has 0 spiro atoms. The first kappa shape index (κ1) is 85.6. The van der Waals surface area contributed by atoms with E-state index in [1.807, 2.05) is 6.08 Å². The summed E-state index contributed by atoms with van der Waals surface area (Å²) in [4.78, 5) is 13.4. The fraction of sp³-hybridized carbons (Fsp3) is 0.649. The normalized spacial score (nSPS) is 28.0. The van der Waals surface area contributed by atoms with Gasteiger partial charge in [-0.05, 0) is 122 Å². The molecule has 3 heterocycles. The minimum atomic E-state index is -2.00. The molecule has 3 saturated heterocycles. The Morgan fingerprint density at radius 1 is 0.385 bits per heavy atom. The van der Waals surface area contributed by atoms with Gasteiger partial charge in [-0.2, -0.15) is 0 Å². The summed E-state index contributed by atoms with van der Waals surface area (Å²) < 4.78 is 34.3. The topological polar surface area (TPSA) is 307 Å². The SMILES string of the molecule is CC/C=C\C/C=C\C/C=C\C/C=C\C/C=C\C/C=C\C/C=C\C/C=C\C/C=C\C/C=C\CCCCC(=O)NC(COC1OC(CO)C(OC2OC(CO)C(OC3OC(CO)C(O)C(O)C3O)C(O)C2O)C(O)C1O)C(O)/C=C/CC/C=C/CC/C=C/CCCCCCCCCC. The highest BCUT2D eigenvalue weighted by molar-refractivity contribution is 5.76. The predicted molar refractivity (Wildman–Crippen MR) is 378 cm³/mol. The third kappa shape index (κ3) is 37.0. The zero-order valence-corrected chi connectivity index (χ0v) is 57.5. The average Bonchev–Trinajstić information content (AvgIpc) is 0.787. The van der Waals surface area contributed by atoms with Crippen molar-refractivity contribution in [2.75, 3.05) is 26.4 Å². The van der Waals surface area contributed by atoms with E-state index in [4.69, 9.17) is 28.4 Å². The third-order valence-corrected chi connectivity index (χ3v) is 16.5. The van der Waals surface area contributed by atoms with Crippen LogP contribution in [0.4, 0.5) is 0 Å². The van der Waals surface area contributed by atoms with Crippen LogP contribution in [0.3, 0.4) is 0 Å². The Hall–Kier alpha value is -4.59. The van der Waals surface area contributed by atoms with E-state index in [0.717, 1.165) is 103 Å². The summed E-state index contributed by atoms with van der Waals surface area (Å²) in [5, 5.41) is 120. The van der Waals surface area contributed by atoms with Crippen molar-refractivity contribution in [1.82, 2.24) is 5.32 Å². The molecule has 96 heavy (non-hydrogen) atoms. The van der Waals surface area contributed by atoms with Gasteiger partial charge in [-0.1, -0.05) is 217 Å². The maximum atomic E-state index is 13.4. The summed E-state index contributed by atoms with van der Waals surface area (Å²) in [5.74, 6) is -0.340. The van der Waals surface area contributed by atoms with Gasteiger partial charge in [0.1, 0.15) is 73.2 Å². The van der Waals surface area contributed by atoms with Gasteiger partial charge < -0.3 is 89.9 Å². The predicted octanol–water partition coefficient (Wildman–Crippen LogP) is 10.1. The summed E-state index contributed by atoms with van der Waals surface area (Å²) in [7, 11) is 0. The Morgan fingerprint density at radius 2 is 0.729 bits per heavy atom. The molecule has 0 aliphatic carbocycles. The molecule has 19 heteroatoms. The molecule has 17 atom stereocenters. The molecule has 0 bridgehead atoms. The number of rotatable bonds is 52. The van der Waals surface area contributed by atoms with Crippen LogP contribution in [-0.4, -0.2) is 193 Å². The molecule has 12 N–H and O–H groups in total. The number of carbonyl (C=O) groups is 1. The van der Waals surface area contributed by atoms with Gasteiger partial charge >= 0.3 is 0 Å². The van der Waals surface area contributed by atoms with Crippen molar-refractivity contribution in [1.29, 1.82) is 0 Å². The van der Waals surface area contributed by atoms with E-state index >= 15 is 0 Å². The van der Waals surface area contributed by atoms with E-state index in [9.17, 15) is 61.0 Å².